The Morgan fingerprint density at radius 1 is 1.14 bits per heavy atom. The Morgan fingerprint density at radius 2 is 1.91 bits per heavy atom. The number of para-hydroxylation sites is 1. The van der Waals surface area contributed by atoms with E-state index in [1.165, 1.54) is 0 Å². The molecule has 3 N–H and O–H groups in total. The van der Waals surface area contributed by atoms with Crippen molar-refractivity contribution in [3.63, 3.8) is 0 Å². The van der Waals surface area contributed by atoms with Crippen molar-refractivity contribution in [1.82, 2.24) is 20.7 Å². The number of hydroxylamine groups is 1. The average Bonchev–Trinajstić information content (AvgIpc) is 3.39. The molecule has 8 nitrogen and oxygen atoms in total. The van der Waals surface area contributed by atoms with Crippen LogP contribution >= 0.6 is 0 Å². The van der Waals surface area contributed by atoms with E-state index in [0.717, 1.165) is 27.7 Å². The van der Waals surface area contributed by atoms with Crippen LogP contribution in [0.2, 0.25) is 0 Å². The number of rotatable bonds is 5. The maximum atomic E-state index is 13.4. The summed E-state index contributed by atoms with van der Waals surface area (Å²) in [4.78, 5) is 32.3. The maximum Gasteiger partial charge on any atom is 0.248 e. The minimum Gasteiger partial charge on any atom is -0.488 e. The topological polar surface area (TPSA) is 104 Å². The third-order valence-corrected chi connectivity index (χ3v) is 6.67. The molecule has 8 heteroatoms. The average molecular weight is 473 g/mol. The number of amides is 2. The molecule has 1 aromatic heterocycles. The van der Waals surface area contributed by atoms with Crippen LogP contribution in [0.4, 0.5) is 0 Å². The zero-order valence-corrected chi connectivity index (χ0v) is 19.5. The zero-order valence-electron chi connectivity index (χ0n) is 19.5. The molecular weight excluding hydrogens is 444 g/mol. The number of aryl methyl sites for hydroxylation is 1. The number of piperidine rings is 1. The van der Waals surface area contributed by atoms with Gasteiger partial charge in [-0.25, -0.2) is 5.48 Å². The van der Waals surface area contributed by atoms with Gasteiger partial charge in [-0.1, -0.05) is 48.5 Å². The van der Waals surface area contributed by atoms with E-state index in [-0.39, 0.29) is 18.4 Å². The van der Waals surface area contributed by atoms with E-state index >= 15 is 0 Å². The number of carbonyl (C=O) groups excluding carboxylic acids is 2. The molecule has 2 aliphatic heterocycles. The van der Waals surface area contributed by atoms with E-state index < -0.39 is 17.9 Å². The van der Waals surface area contributed by atoms with Crippen LogP contribution in [-0.4, -0.2) is 58.7 Å². The van der Waals surface area contributed by atoms with Crippen LogP contribution in [0.1, 0.15) is 17.7 Å². The molecule has 2 aromatic carbocycles. The molecule has 0 saturated carbocycles. The van der Waals surface area contributed by atoms with Crippen LogP contribution in [0.15, 0.2) is 66.7 Å². The molecule has 0 bridgehead atoms. The molecule has 0 spiro atoms. The summed E-state index contributed by atoms with van der Waals surface area (Å²) < 4.78 is 6.30. The number of nitrogens with one attached hydrogen (secondary N) is 2. The third kappa shape index (κ3) is 4.76. The zero-order chi connectivity index (χ0) is 24.4. The fourth-order valence-electron chi connectivity index (χ4n) is 4.92. The number of nitrogens with zero attached hydrogens (tertiary/aromatic N) is 2. The normalized spacial score (nSPS) is 22.1. The van der Waals surface area contributed by atoms with Gasteiger partial charge < -0.3 is 15.0 Å². The summed E-state index contributed by atoms with van der Waals surface area (Å²) >= 11 is 0. The second-order valence-corrected chi connectivity index (χ2v) is 9.04. The Kier molecular flexibility index (Phi) is 6.48. The molecule has 5 rings (SSSR count). The second-order valence-electron chi connectivity index (χ2n) is 9.04. The van der Waals surface area contributed by atoms with Crippen LogP contribution < -0.4 is 15.5 Å². The largest absolute Gasteiger partial charge is 0.488 e. The van der Waals surface area contributed by atoms with Gasteiger partial charge in [-0.3, -0.25) is 19.8 Å². The lowest BCUT2D eigenvalue weighted by atomic mass is 9.87. The highest BCUT2D eigenvalue weighted by atomic mass is 16.5. The van der Waals surface area contributed by atoms with Crippen molar-refractivity contribution in [1.29, 1.82) is 0 Å². The predicted octanol–water partition coefficient (Wildman–Crippen LogP) is 2.70. The van der Waals surface area contributed by atoms with Crippen molar-refractivity contribution in [3.05, 3.63) is 78.0 Å². The van der Waals surface area contributed by atoms with Crippen LogP contribution in [0, 0.1) is 12.8 Å². The molecule has 1 saturated heterocycles. The van der Waals surface area contributed by atoms with E-state index in [4.69, 9.17) is 4.74 Å². The predicted molar refractivity (Wildman–Crippen MR) is 132 cm³/mol. The molecule has 3 heterocycles. The van der Waals surface area contributed by atoms with Gasteiger partial charge in [0.2, 0.25) is 11.8 Å². The first kappa shape index (κ1) is 23.0. The highest BCUT2D eigenvalue weighted by molar-refractivity contribution is 5.92. The summed E-state index contributed by atoms with van der Waals surface area (Å²) in [6.45, 7) is 3.27. The van der Waals surface area contributed by atoms with Gasteiger partial charge in [0.1, 0.15) is 11.9 Å². The summed E-state index contributed by atoms with van der Waals surface area (Å²) in [6, 6.07) is 18.8. The monoisotopic (exact) mass is 472 g/mol. The van der Waals surface area contributed by atoms with Crippen LogP contribution in [0.25, 0.3) is 16.5 Å². The smallest absolute Gasteiger partial charge is 0.248 e. The number of aromatic nitrogens is 1. The number of carbonyl (C=O) groups is 2. The Morgan fingerprint density at radius 3 is 2.71 bits per heavy atom. The van der Waals surface area contributed by atoms with E-state index in [9.17, 15) is 14.8 Å². The van der Waals surface area contributed by atoms with E-state index in [2.05, 4.69) is 10.3 Å². The first-order valence-corrected chi connectivity index (χ1v) is 11.8. The van der Waals surface area contributed by atoms with Crippen molar-refractivity contribution in [3.8, 4) is 5.75 Å². The van der Waals surface area contributed by atoms with Crippen molar-refractivity contribution >= 4 is 28.3 Å². The lowest BCUT2D eigenvalue weighted by Gasteiger charge is -2.37. The molecule has 3 aromatic rings. The summed E-state index contributed by atoms with van der Waals surface area (Å²) in [5.74, 6) is -0.856. The molecule has 0 radical (unpaired) electrons. The molecular formula is C27H28N4O4. The number of ether oxygens (including phenoxy) is 1. The van der Waals surface area contributed by atoms with Gasteiger partial charge in [0, 0.05) is 36.8 Å². The lowest BCUT2D eigenvalue weighted by molar-refractivity contribution is -0.144. The Bertz CT molecular complexity index is 1280. The van der Waals surface area contributed by atoms with Gasteiger partial charge in [0.15, 0.2) is 0 Å². The summed E-state index contributed by atoms with van der Waals surface area (Å²) in [5, 5.41) is 13.5. The van der Waals surface area contributed by atoms with Gasteiger partial charge in [0.25, 0.3) is 0 Å². The van der Waals surface area contributed by atoms with Gasteiger partial charge in [0.05, 0.1) is 17.5 Å². The highest BCUT2D eigenvalue weighted by Gasteiger charge is 2.42. The molecule has 2 amide bonds. The first-order valence-electron chi connectivity index (χ1n) is 11.8. The van der Waals surface area contributed by atoms with E-state index in [1.807, 2.05) is 73.7 Å². The van der Waals surface area contributed by atoms with Crippen molar-refractivity contribution in [2.24, 2.45) is 5.92 Å². The minimum absolute atomic E-state index is 0.163. The fourth-order valence-corrected chi connectivity index (χ4v) is 4.92. The minimum atomic E-state index is -0.777. The molecule has 2 aliphatic rings. The summed E-state index contributed by atoms with van der Waals surface area (Å²) in [5.41, 5.74) is 5.57. The molecule has 3 unspecified atom stereocenters. The van der Waals surface area contributed by atoms with Crippen molar-refractivity contribution in [2.75, 3.05) is 19.6 Å². The quantitative estimate of drug-likeness (QED) is 0.390. The molecule has 35 heavy (non-hydrogen) atoms. The van der Waals surface area contributed by atoms with Gasteiger partial charge in [-0.05, 0) is 36.6 Å². The van der Waals surface area contributed by atoms with Gasteiger partial charge >= 0.3 is 0 Å². The number of hydrogen-bond donors (Lipinski definition) is 3. The van der Waals surface area contributed by atoms with Crippen LogP contribution in [-0.2, 0) is 9.59 Å². The molecule has 0 aliphatic carbocycles. The number of fused-ring (bicyclic) bond motifs is 1. The highest BCUT2D eigenvalue weighted by Crippen LogP contribution is 2.30. The fraction of sp³-hybridized carbons (Fsp3) is 0.296. The van der Waals surface area contributed by atoms with Crippen molar-refractivity contribution in [2.45, 2.75) is 25.5 Å². The summed E-state index contributed by atoms with van der Waals surface area (Å²) in [7, 11) is 0. The second kappa shape index (κ2) is 9.85. The molecule has 180 valence electrons. The van der Waals surface area contributed by atoms with Gasteiger partial charge in [-0.15, -0.1) is 0 Å². The van der Waals surface area contributed by atoms with Crippen molar-refractivity contribution < 1.29 is 19.5 Å². The number of pyridine rings is 1. The number of benzene rings is 2. The van der Waals surface area contributed by atoms with E-state index in [0.29, 0.717) is 25.4 Å². The standard InChI is InChI=1S/C27H28N4O4/c1-17-13-24(21-9-5-6-10-23(21)29-17)35-20-14-22(26(32)30-34)25(28-15-20)27(33)31-12-11-19(16-31)18-7-3-2-4-8-18/h2-11,13,20,22,25,28,34H,12,14-16H2,1H3,(H,30,32). The Balaban J connectivity index is 1.30. The SMILES string of the molecule is Cc1cc(OC2CNC(C(=O)N3CC=C(c4ccccc4)C3)C(C(=O)NO)C2)c2ccccc2n1. The summed E-state index contributed by atoms with van der Waals surface area (Å²) in [6.07, 6.45) is 1.97. The van der Waals surface area contributed by atoms with Gasteiger partial charge in [-0.2, -0.15) is 0 Å². The maximum absolute atomic E-state index is 13.4. The Labute approximate surface area is 203 Å². The Hall–Kier alpha value is -3.75. The third-order valence-electron chi connectivity index (χ3n) is 6.67. The molecule has 3 atom stereocenters. The number of hydrogen-bond acceptors (Lipinski definition) is 6. The molecule has 1 fully saturated rings. The van der Waals surface area contributed by atoms with E-state index in [1.54, 1.807) is 10.4 Å². The van der Waals surface area contributed by atoms with Crippen LogP contribution in [0.5, 0.6) is 5.75 Å². The lowest BCUT2D eigenvalue weighted by Crippen LogP contribution is -2.60. The first-order chi connectivity index (χ1) is 17.0. The van der Waals surface area contributed by atoms with Crippen LogP contribution in [0.3, 0.4) is 0 Å².